The first kappa shape index (κ1) is 13.8. The Labute approximate surface area is 114 Å². The van der Waals surface area contributed by atoms with E-state index in [-0.39, 0.29) is 0 Å². The highest BCUT2D eigenvalue weighted by Crippen LogP contribution is 2.10. The second kappa shape index (κ2) is 7.07. The number of aromatic nitrogens is 2. The molecular formula is C15H22N4. The fraction of sp³-hybridized carbons (Fsp3) is 0.400. The second-order valence-corrected chi connectivity index (χ2v) is 4.86. The predicted molar refractivity (Wildman–Crippen MR) is 77.5 cm³/mol. The van der Waals surface area contributed by atoms with Crippen molar-refractivity contribution in [2.24, 2.45) is 5.73 Å². The predicted octanol–water partition coefficient (Wildman–Crippen LogP) is 1.86. The van der Waals surface area contributed by atoms with Gasteiger partial charge < -0.3 is 15.2 Å². The van der Waals surface area contributed by atoms with Crippen LogP contribution < -0.4 is 5.73 Å². The van der Waals surface area contributed by atoms with Gasteiger partial charge in [0, 0.05) is 32.0 Å². The van der Waals surface area contributed by atoms with E-state index in [1.54, 1.807) is 0 Å². The van der Waals surface area contributed by atoms with E-state index in [0.29, 0.717) is 6.54 Å². The molecule has 1 aromatic carbocycles. The Balaban J connectivity index is 1.79. The zero-order chi connectivity index (χ0) is 13.5. The van der Waals surface area contributed by atoms with Crippen LogP contribution in [0.4, 0.5) is 0 Å². The van der Waals surface area contributed by atoms with Crippen molar-refractivity contribution in [1.82, 2.24) is 14.5 Å². The number of nitrogens with zero attached hydrogens (tertiary/aromatic N) is 3. The Morgan fingerprint density at radius 1 is 1.26 bits per heavy atom. The number of hydrogen-bond acceptors (Lipinski definition) is 3. The van der Waals surface area contributed by atoms with E-state index in [1.165, 1.54) is 11.1 Å². The molecule has 0 fully saturated rings. The normalized spacial score (nSPS) is 11.1. The van der Waals surface area contributed by atoms with E-state index < -0.39 is 0 Å². The van der Waals surface area contributed by atoms with Crippen molar-refractivity contribution in [2.75, 3.05) is 13.6 Å². The highest BCUT2D eigenvalue weighted by atomic mass is 15.1. The summed E-state index contributed by atoms with van der Waals surface area (Å²) in [5, 5.41) is 0. The summed E-state index contributed by atoms with van der Waals surface area (Å²) in [6, 6.07) is 8.39. The van der Waals surface area contributed by atoms with Crippen molar-refractivity contribution in [2.45, 2.75) is 26.1 Å². The molecule has 0 spiro atoms. The molecule has 1 heterocycles. The fourth-order valence-corrected chi connectivity index (χ4v) is 2.22. The highest BCUT2D eigenvalue weighted by Gasteiger charge is 2.04. The lowest BCUT2D eigenvalue weighted by atomic mass is 10.1. The van der Waals surface area contributed by atoms with E-state index in [9.17, 15) is 0 Å². The van der Waals surface area contributed by atoms with Gasteiger partial charge in [-0.1, -0.05) is 24.3 Å². The summed E-state index contributed by atoms with van der Waals surface area (Å²) in [7, 11) is 2.15. The molecular weight excluding hydrogens is 236 g/mol. The van der Waals surface area contributed by atoms with Crippen LogP contribution >= 0.6 is 0 Å². The van der Waals surface area contributed by atoms with Crippen molar-refractivity contribution in [3.63, 3.8) is 0 Å². The van der Waals surface area contributed by atoms with Gasteiger partial charge in [0.25, 0.3) is 0 Å². The first-order valence-corrected chi connectivity index (χ1v) is 6.70. The second-order valence-electron chi connectivity index (χ2n) is 4.86. The van der Waals surface area contributed by atoms with E-state index in [2.05, 4.69) is 39.7 Å². The lowest BCUT2D eigenvalue weighted by molar-refractivity contribution is 0.313. The van der Waals surface area contributed by atoms with Gasteiger partial charge in [0.1, 0.15) is 0 Å². The Morgan fingerprint density at radius 2 is 2.05 bits per heavy atom. The molecule has 2 aromatic rings. The molecule has 0 bridgehead atoms. The molecule has 102 valence electrons. The topological polar surface area (TPSA) is 47.1 Å². The smallest absolute Gasteiger partial charge is 0.0945 e. The SMILES string of the molecule is CN(CCCn1ccnc1)Cc1ccccc1CN. The van der Waals surface area contributed by atoms with Gasteiger partial charge in [-0.05, 0) is 31.1 Å². The molecule has 0 unspecified atom stereocenters. The highest BCUT2D eigenvalue weighted by molar-refractivity contribution is 5.26. The zero-order valence-corrected chi connectivity index (χ0v) is 11.5. The van der Waals surface area contributed by atoms with E-state index >= 15 is 0 Å². The van der Waals surface area contributed by atoms with Crippen LogP contribution in [0.5, 0.6) is 0 Å². The Hall–Kier alpha value is -1.65. The van der Waals surface area contributed by atoms with E-state index in [1.807, 2.05) is 24.8 Å². The Kier molecular flexibility index (Phi) is 5.12. The van der Waals surface area contributed by atoms with Crippen LogP contribution in [0.3, 0.4) is 0 Å². The molecule has 2 rings (SSSR count). The van der Waals surface area contributed by atoms with Crippen molar-refractivity contribution in [3.05, 3.63) is 54.1 Å². The lowest BCUT2D eigenvalue weighted by Gasteiger charge is -2.18. The number of rotatable bonds is 7. The van der Waals surface area contributed by atoms with Gasteiger partial charge in [-0.3, -0.25) is 0 Å². The number of nitrogens with two attached hydrogens (primary N) is 1. The molecule has 0 aliphatic carbocycles. The third kappa shape index (κ3) is 4.19. The number of benzene rings is 1. The van der Waals surface area contributed by atoms with Gasteiger partial charge >= 0.3 is 0 Å². The molecule has 0 atom stereocenters. The molecule has 0 saturated heterocycles. The summed E-state index contributed by atoms with van der Waals surface area (Å²) in [4.78, 5) is 6.38. The maximum atomic E-state index is 5.76. The average Bonchev–Trinajstić information content (AvgIpc) is 2.92. The zero-order valence-electron chi connectivity index (χ0n) is 11.5. The van der Waals surface area contributed by atoms with Crippen molar-refractivity contribution < 1.29 is 0 Å². The largest absolute Gasteiger partial charge is 0.337 e. The molecule has 0 aliphatic heterocycles. The summed E-state index contributed by atoms with van der Waals surface area (Å²) in [5.41, 5.74) is 8.33. The van der Waals surface area contributed by atoms with Crippen molar-refractivity contribution in [3.8, 4) is 0 Å². The van der Waals surface area contributed by atoms with Gasteiger partial charge in [-0.25, -0.2) is 4.98 Å². The quantitative estimate of drug-likeness (QED) is 0.824. The molecule has 0 saturated carbocycles. The minimum absolute atomic E-state index is 0.610. The fourth-order valence-electron chi connectivity index (χ4n) is 2.22. The summed E-state index contributed by atoms with van der Waals surface area (Å²) >= 11 is 0. The summed E-state index contributed by atoms with van der Waals surface area (Å²) in [6.07, 6.45) is 6.81. The monoisotopic (exact) mass is 258 g/mol. The average molecular weight is 258 g/mol. The third-order valence-corrected chi connectivity index (χ3v) is 3.29. The summed E-state index contributed by atoms with van der Waals surface area (Å²) in [5.74, 6) is 0. The number of hydrogen-bond donors (Lipinski definition) is 1. The van der Waals surface area contributed by atoms with Crippen LogP contribution in [0.25, 0.3) is 0 Å². The Morgan fingerprint density at radius 3 is 2.74 bits per heavy atom. The maximum absolute atomic E-state index is 5.76. The van der Waals surface area contributed by atoms with Crippen molar-refractivity contribution >= 4 is 0 Å². The van der Waals surface area contributed by atoms with Crippen LogP contribution in [0.2, 0.25) is 0 Å². The summed E-state index contributed by atoms with van der Waals surface area (Å²) in [6.45, 7) is 3.65. The molecule has 0 aliphatic rings. The van der Waals surface area contributed by atoms with Crippen LogP contribution in [0.1, 0.15) is 17.5 Å². The molecule has 4 nitrogen and oxygen atoms in total. The molecule has 0 amide bonds. The lowest BCUT2D eigenvalue weighted by Crippen LogP contribution is -2.21. The molecule has 0 radical (unpaired) electrons. The van der Waals surface area contributed by atoms with Gasteiger partial charge in [0.15, 0.2) is 0 Å². The van der Waals surface area contributed by atoms with Crippen molar-refractivity contribution in [1.29, 1.82) is 0 Å². The third-order valence-electron chi connectivity index (χ3n) is 3.29. The van der Waals surface area contributed by atoms with Gasteiger partial charge in [-0.2, -0.15) is 0 Å². The number of aryl methyl sites for hydroxylation is 1. The first-order chi connectivity index (χ1) is 9.29. The first-order valence-electron chi connectivity index (χ1n) is 6.70. The van der Waals surface area contributed by atoms with Crippen LogP contribution in [0, 0.1) is 0 Å². The standard InChI is InChI=1S/C15H22N4/c1-18(8-4-9-19-10-7-17-13-19)12-15-6-3-2-5-14(15)11-16/h2-3,5-7,10,13H,4,8-9,11-12,16H2,1H3. The van der Waals surface area contributed by atoms with Gasteiger partial charge in [0.05, 0.1) is 6.33 Å². The molecule has 2 N–H and O–H groups in total. The molecule has 4 heteroatoms. The summed E-state index contributed by atoms with van der Waals surface area (Å²) < 4.78 is 2.11. The van der Waals surface area contributed by atoms with Crippen LogP contribution in [0.15, 0.2) is 43.0 Å². The maximum Gasteiger partial charge on any atom is 0.0945 e. The number of imidazole rings is 1. The van der Waals surface area contributed by atoms with Crippen LogP contribution in [-0.4, -0.2) is 28.0 Å². The van der Waals surface area contributed by atoms with E-state index in [4.69, 9.17) is 5.73 Å². The molecule has 19 heavy (non-hydrogen) atoms. The minimum atomic E-state index is 0.610. The molecule has 1 aromatic heterocycles. The van der Waals surface area contributed by atoms with E-state index in [0.717, 1.165) is 26.1 Å². The van der Waals surface area contributed by atoms with Crippen LogP contribution in [-0.2, 0) is 19.6 Å². The van der Waals surface area contributed by atoms with Gasteiger partial charge in [0.2, 0.25) is 0 Å². The van der Waals surface area contributed by atoms with Gasteiger partial charge in [-0.15, -0.1) is 0 Å². The minimum Gasteiger partial charge on any atom is -0.337 e. The Bertz CT molecular complexity index is 479.